The van der Waals surface area contributed by atoms with Crippen molar-refractivity contribution in [3.8, 4) is 6.07 Å². The lowest BCUT2D eigenvalue weighted by molar-refractivity contribution is -0.158. The van der Waals surface area contributed by atoms with E-state index in [-0.39, 0.29) is 11.4 Å². The maximum atomic E-state index is 13.9. The Morgan fingerprint density at radius 1 is 1.14 bits per heavy atom. The average Bonchev–Trinajstić information content (AvgIpc) is 2.94. The van der Waals surface area contributed by atoms with Crippen LogP contribution in [0.2, 0.25) is 0 Å². The molecule has 0 bridgehead atoms. The maximum absolute atomic E-state index is 13.9. The molecule has 2 aromatic rings. The number of rotatable bonds is 3. The minimum Gasteiger partial charge on any atom is -0.324 e. The third-order valence-corrected chi connectivity index (χ3v) is 5.93. The number of nitriles is 1. The van der Waals surface area contributed by atoms with Crippen molar-refractivity contribution in [2.24, 2.45) is 0 Å². The van der Waals surface area contributed by atoms with Crippen molar-refractivity contribution in [2.75, 3.05) is 16.8 Å². The zero-order valence-corrected chi connectivity index (χ0v) is 18.2. The molecule has 0 saturated carbocycles. The largest absolute Gasteiger partial charge is 0.409 e. The molecule has 2 heterocycles. The lowest BCUT2D eigenvalue weighted by atomic mass is 9.91. The SMILES string of the molecule is CC1(c2ccc(C#N)cc2)NC(=O)N(CC(=O)N2c3ccccc3NC(=O)CC2C(F)(F)F)C1=O. The Bertz CT molecular complexity index is 1270. The minimum atomic E-state index is -4.96. The minimum absolute atomic E-state index is 0.00257. The number of hydrogen-bond acceptors (Lipinski definition) is 5. The van der Waals surface area contributed by atoms with Crippen molar-refractivity contribution >= 4 is 35.1 Å². The monoisotopic (exact) mass is 485 g/mol. The van der Waals surface area contributed by atoms with Gasteiger partial charge in [-0.3, -0.25) is 24.2 Å². The van der Waals surface area contributed by atoms with E-state index in [1.54, 1.807) is 0 Å². The van der Waals surface area contributed by atoms with Gasteiger partial charge in [-0.1, -0.05) is 24.3 Å². The first kappa shape index (κ1) is 23.7. The molecule has 0 aliphatic carbocycles. The number of hydrogen-bond donors (Lipinski definition) is 2. The summed E-state index contributed by atoms with van der Waals surface area (Å²) in [5, 5.41) is 13.8. The number of anilines is 2. The molecule has 5 amide bonds. The van der Waals surface area contributed by atoms with Crippen LogP contribution in [0, 0.1) is 11.3 Å². The van der Waals surface area contributed by atoms with Crippen LogP contribution in [0.15, 0.2) is 48.5 Å². The van der Waals surface area contributed by atoms with Crippen LogP contribution in [0.3, 0.4) is 0 Å². The Balaban J connectivity index is 1.67. The van der Waals surface area contributed by atoms with Crippen LogP contribution in [0.4, 0.5) is 29.3 Å². The zero-order valence-electron chi connectivity index (χ0n) is 18.2. The number of nitrogens with zero attached hydrogens (tertiary/aromatic N) is 3. The Morgan fingerprint density at radius 2 is 1.80 bits per heavy atom. The highest BCUT2D eigenvalue weighted by molar-refractivity contribution is 6.12. The van der Waals surface area contributed by atoms with E-state index in [4.69, 9.17) is 5.26 Å². The van der Waals surface area contributed by atoms with Crippen molar-refractivity contribution in [1.82, 2.24) is 10.2 Å². The van der Waals surface area contributed by atoms with Crippen molar-refractivity contribution in [2.45, 2.75) is 31.1 Å². The van der Waals surface area contributed by atoms with E-state index < -0.39 is 54.5 Å². The van der Waals surface area contributed by atoms with Gasteiger partial charge in [-0.25, -0.2) is 4.79 Å². The number of benzene rings is 2. The fourth-order valence-corrected chi connectivity index (χ4v) is 4.12. The van der Waals surface area contributed by atoms with E-state index in [0.29, 0.717) is 20.9 Å². The third-order valence-electron chi connectivity index (χ3n) is 5.93. The summed E-state index contributed by atoms with van der Waals surface area (Å²) >= 11 is 0. The Hall–Kier alpha value is -4.40. The predicted molar refractivity (Wildman–Crippen MR) is 116 cm³/mol. The van der Waals surface area contributed by atoms with Crippen molar-refractivity contribution in [3.05, 3.63) is 59.7 Å². The molecule has 2 atom stereocenters. The molecular weight excluding hydrogens is 467 g/mol. The number of para-hydroxylation sites is 2. The first-order valence-electron chi connectivity index (χ1n) is 10.4. The average molecular weight is 485 g/mol. The Morgan fingerprint density at radius 3 is 2.43 bits per heavy atom. The number of amides is 5. The van der Waals surface area contributed by atoms with Crippen molar-refractivity contribution < 1.29 is 32.3 Å². The van der Waals surface area contributed by atoms with Crippen LogP contribution in [-0.4, -0.2) is 47.4 Å². The fraction of sp³-hybridized carbons (Fsp3) is 0.261. The second-order valence-electron chi connectivity index (χ2n) is 8.23. The normalized spacial score (nSPS) is 22.1. The summed E-state index contributed by atoms with van der Waals surface area (Å²) in [6.45, 7) is 0.410. The molecule has 4 rings (SSSR count). The first-order chi connectivity index (χ1) is 16.5. The molecule has 1 fully saturated rings. The molecule has 0 spiro atoms. The van der Waals surface area contributed by atoms with E-state index in [1.165, 1.54) is 55.5 Å². The lowest BCUT2D eigenvalue weighted by Crippen LogP contribution is -2.53. The van der Waals surface area contributed by atoms with Crippen LogP contribution >= 0.6 is 0 Å². The number of carbonyl (C=O) groups is 4. The molecule has 1 saturated heterocycles. The summed E-state index contributed by atoms with van der Waals surface area (Å²) in [6.07, 6.45) is -6.01. The van der Waals surface area contributed by atoms with Gasteiger partial charge in [0.15, 0.2) is 0 Å². The predicted octanol–water partition coefficient (Wildman–Crippen LogP) is 2.63. The number of nitrogens with one attached hydrogen (secondary N) is 2. The van der Waals surface area contributed by atoms with Gasteiger partial charge in [0.05, 0.1) is 29.4 Å². The zero-order chi connectivity index (χ0) is 25.5. The number of fused-ring (bicyclic) bond motifs is 1. The van der Waals surface area contributed by atoms with E-state index in [1.807, 2.05) is 6.07 Å². The molecular formula is C23H18F3N5O4. The summed E-state index contributed by atoms with van der Waals surface area (Å²) in [7, 11) is 0. The first-order valence-corrected chi connectivity index (χ1v) is 10.4. The van der Waals surface area contributed by atoms with Crippen LogP contribution in [0.5, 0.6) is 0 Å². The number of urea groups is 1. The van der Waals surface area contributed by atoms with Crippen LogP contribution in [0.25, 0.3) is 0 Å². The molecule has 2 N–H and O–H groups in total. The molecule has 180 valence electrons. The molecule has 0 aromatic heterocycles. The molecule has 2 unspecified atom stereocenters. The van der Waals surface area contributed by atoms with E-state index in [0.717, 1.165) is 0 Å². The standard InChI is InChI=1S/C23H18F3N5O4/c1-22(14-8-6-13(11-27)7-9-14)20(34)30(21(35)29-22)12-19(33)31-16-5-3-2-4-15(16)28-18(32)10-17(31)23(24,25)26/h2-9,17H,10,12H2,1H3,(H,28,32)(H,29,35). The topological polar surface area (TPSA) is 123 Å². The maximum Gasteiger partial charge on any atom is 0.409 e. The van der Waals surface area contributed by atoms with Gasteiger partial charge in [-0.05, 0) is 36.8 Å². The van der Waals surface area contributed by atoms with E-state index >= 15 is 0 Å². The lowest BCUT2D eigenvalue weighted by Gasteiger charge is -2.32. The molecule has 9 nitrogen and oxygen atoms in total. The fourth-order valence-electron chi connectivity index (χ4n) is 4.12. The number of carbonyl (C=O) groups excluding carboxylic acids is 4. The van der Waals surface area contributed by atoms with Gasteiger partial charge in [0.25, 0.3) is 5.91 Å². The highest BCUT2D eigenvalue weighted by Gasteiger charge is 2.52. The second-order valence-corrected chi connectivity index (χ2v) is 8.23. The molecule has 12 heteroatoms. The molecule has 0 radical (unpaired) electrons. The summed E-state index contributed by atoms with van der Waals surface area (Å²) in [5.41, 5.74) is -1.15. The second kappa shape index (κ2) is 8.43. The molecule has 2 aliphatic heterocycles. The molecule has 35 heavy (non-hydrogen) atoms. The van der Waals surface area contributed by atoms with Crippen LogP contribution in [-0.2, 0) is 19.9 Å². The van der Waals surface area contributed by atoms with Gasteiger partial charge in [0, 0.05) is 0 Å². The van der Waals surface area contributed by atoms with Gasteiger partial charge < -0.3 is 10.6 Å². The van der Waals surface area contributed by atoms with Crippen LogP contribution in [0.1, 0.15) is 24.5 Å². The quantitative estimate of drug-likeness (QED) is 0.648. The highest BCUT2D eigenvalue weighted by Crippen LogP contribution is 2.38. The van der Waals surface area contributed by atoms with Gasteiger partial charge in [0.2, 0.25) is 11.8 Å². The number of imide groups is 1. The van der Waals surface area contributed by atoms with Gasteiger partial charge in [-0.15, -0.1) is 0 Å². The van der Waals surface area contributed by atoms with Gasteiger partial charge in [0.1, 0.15) is 18.1 Å². The smallest absolute Gasteiger partial charge is 0.324 e. The third kappa shape index (κ3) is 4.16. The summed E-state index contributed by atoms with van der Waals surface area (Å²) < 4.78 is 41.7. The van der Waals surface area contributed by atoms with E-state index in [9.17, 15) is 32.3 Å². The highest BCUT2D eigenvalue weighted by atomic mass is 19.4. The molecule has 2 aliphatic rings. The summed E-state index contributed by atoms with van der Waals surface area (Å²) in [5.74, 6) is -2.97. The molecule has 2 aromatic carbocycles. The van der Waals surface area contributed by atoms with Crippen LogP contribution < -0.4 is 15.5 Å². The summed E-state index contributed by atoms with van der Waals surface area (Å²) in [6, 6.07) is 9.76. The Kier molecular flexibility index (Phi) is 5.72. The van der Waals surface area contributed by atoms with Crippen molar-refractivity contribution in [3.63, 3.8) is 0 Å². The summed E-state index contributed by atoms with van der Waals surface area (Å²) in [4.78, 5) is 52.1. The van der Waals surface area contributed by atoms with Gasteiger partial charge >= 0.3 is 12.2 Å². The Labute approximate surface area is 197 Å². The van der Waals surface area contributed by atoms with Crippen molar-refractivity contribution in [1.29, 1.82) is 5.26 Å². The number of alkyl halides is 3. The number of halogens is 3. The van der Waals surface area contributed by atoms with E-state index in [2.05, 4.69) is 10.6 Å². The van der Waals surface area contributed by atoms with Gasteiger partial charge in [-0.2, -0.15) is 18.4 Å².